The summed E-state index contributed by atoms with van der Waals surface area (Å²) >= 11 is 8.08. The van der Waals surface area contributed by atoms with Crippen LogP contribution in [0.5, 0.6) is 5.75 Å². The first-order valence-electron chi connectivity index (χ1n) is 5.95. The maximum absolute atomic E-state index is 13.6. The van der Waals surface area contributed by atoms with Crippen molar-refractivity contribution in [3.05, 3.63) is 44.7 Å². The summed E-state index contributed by atoms with van der Waals surface area (Å²) in [5.41, 5.74) is 7.58. The second-order valence-corrected chi connectivity index (χ2v) is 5.65. The molecule has 3 N–H and O–H groups in total. The molecule has 0 saturated carbocycles. The Morgan fingerprint density at radius 3 is 2.70 bits per heavy atom. The van der Waals surface area contributed by atoms with E-state index in [1.807, 2.05) is 12.1 Å². The number of halogens is 3. The zero-order valence-electron chi connectivity index (χ0n) is 10.7. The standard InChI is InChI=1S/C14H13ClFIN2O/c1-2-20-14-7-13(11(18)6-9(14)16)19-12-4-3-8(15)5-10(12)17/h3-7,19H,2,18H2,1H3. The second kappa shape index (κ2) is 6.49. The highest BCUT2D eigenvalue weighted by Gasteiger charge is 2.10. The van der Waals surface area contributed by atoms with Crippen LogP contribution in [0.3, 0.4) is 0 Å². The Labute approximate surface area is 135 Å². The van der Waals surface area contributed by atoms with Crippen molar-refractivity contribution in [3.8, 4) is 5.75 Å². The topological polar surface area (TPSA) is 47.3 Å². The lowest BCUT2D eigenvalue weighted by atomic mass is 10.2. The normalized spacial score (nSPS) is 10.4. The summed E-state index contributed by atoms with van der Waals surface area (Å²) in [5, 5.41) is 3.81. The average molecular weight is 407 g/mol. The molecule has 0 spiro atoms. The molecule has 0 aliphatic carbocycles. The molecule has 0 bridgehead atoms. The van der Waals surface area contributed by atoms with E-state index >= 15 is 0 Å². The van der Waals surface area contributed by atoms with Gasteiger partial charge in [-0.05, 0) is 47.7 Å². The fraction of sp³-hybridized carbons (Fsp3) is 0.143. The van der Waals surface area contributed by atoms with Crippen molar-refractivity contribution in [2.24, 2.45) is 0 Å². The fourth-order valence-electron chi connectivity index (χ4n) is 1.68. The Balaban J connectivity index is 2.35. The highest BCUT2D eigenvalue weighted by atomic mass is 127. The number of nitrogens with one attached hydrogen (secondary N) is 1. The Hall–Kier alpha value is -1.21. The van der Waals surface area contributed by atoms with Gasteiger partial charge in [-0.2, -0.15) is 0 Å². The zero-order valence-corrected chi connectivity index (χ0v) is 13.6. The monoisotopic (exact) mass is 406 g/mol. The van der Waals surface area contributed by atoms with Crippen molar-refractivity contribution in [2.75, 3.05) is 17.7 Å². The number of nitrogens with two attached hydrogens (primary N) is 1. The van der Waals surface area contributed by atoms with Crippen LogP contribution >= 0.6 is 34.2 Å². The predicted octanol–water partition coefficient (Wildman–Crippen LogP) is 4.81. The second-order valence-electron chi connectivity index (χ2n) is 4.05. The van der Waals surface area contributed by atoms with Crippen LogP contribution in [0.1, 0.15) is 6.92 Å². The Kier molecular flexibility index (Phi) is 4.93. The van der Waals surface area contributed by atoms with Crippen LogP contribution in [-0.2, 0) is 0 Å². The molecule has 2 aromatic carbocycles. The molecule has 2 rings (SSSR count). The summed E-state index contributed by atoms with van der Waals surface area (Å²) in [6.45, 7) is 2.18. The van der Waals surface area contributed by atoms with Crippen LogP contribution in [0.25, 0.3) is 0 Å². The van der Waals surface area contributed by atoms with Crippen LogP contribution in [0, 0.1) is 9.39 Å². The molecule has 0 aliphatic rings. The van der Waals surface area contributed by atoms with E-state index in [0.29, 0.717) is 23.0 Å². The molecule has 0 aliphatic heterocycles. The molecule has 0 amide bonds. The van der Waals surface area contributed by atoms with E-state index in [4.69, 9.17) is 22.1 Å². The minimum Gasteiger partial charge on any atom is -0.491 e. The molecule has 0 radical (unpaired) electrons. The molecule has 0 unspecified atom stereocenters. The smallest absolute Gasteiger partial charge is 0.167 e. The lowest BCUT2D eigenvalue weighted by Crippen LogP contribution is -2.01. The highest BCUT2D eigenvalue weighted by Crippen LogP contribution is 2.32. The highest BCUT2D eigenvalue weighted by molar-refractivity contribution is 14.1. The van der Waals surface area contributed by atoms with E-state index in [9.17, 15) is 4.39 Å². The van der Waals surface area contributed by atoms with E-state index in [2.05, 4.69) is 27.9 Å². The molecule has 3 nitrogen and oxygen atoms in total. The molecule has 0 atom stereocenters. The molecule has 0 fully saturated rings. The average Bonchev–Trinajstić information content (AvgIpc) is 2.38. The number of anilines is 3. The van der Waals surface area contributed by atoms with E-state index in [-0.39, 0.29) is 5.75 Å². The summed E-state index contributed by atoms with van der Waals surface area (Å²) in [4.78, 5) is 0. The zero-order chi connectivity index (χ0) is 14.7. The van der Waals surface area contributed by atoms with Crippen molar-refractivity contribution < 1.29 is 9.13 Å². The van der Waals surface area contributed by atoms with Gasteiger partial charge in [0, 0.05) is 20.7 Å². The molecular formula is C14H13ClFIN2O. The minimum atomic E-state index is -0.472. The Morgan fingerprint density at radius 1 is 1.30 bits per heavy atom. The molecule has 6 heteroatoms. The Morgan fingerprint density at radius 2 is 2.05 bits per heavy atom. The Bertz CT molecular complexity index is 637. The van der Waals surface area contributed by atoms with Gasteiger partial charge < -0.3 is 15.8 Å². The first kappa shape index (κ1) is 15.2. The van der Waals surface area contributed by atoms with Crippen LogP contribution in [0.15, 0.2) is 30.3 Å². The number of rotatable bonds is 4. The van der Waals surface area contributed by atoms with Gasteiger partial charge in [-0.3, -0.25) is 0 Å². The van der Waals surface area contributed by atoms with E-state index in [1.54, 1.807) is 19.1 Å². The third-order valence-electron chi connectivity index (χ3n) is 2.60. The number of nitrogen functional groups attached to an aromatic ring is 1. The van der Waals surface area contributed by atoms with Crippen molar-refractivity contribution in [3.63, 3.8) is 0 Å². The van der Waals surface area contributed by atoms with Gasteiger partial charge in [0.1, 0.15) is 0 Å². The van der Waals surface area contributed by atoms with Crippen molar-refractivity contribution in [1.82, 2.24) is 0 Å². The molecule has 20 heavy (non-hydrogen) atoms. The number of hydrogen-bond acceptors (Lipinski definition) is 3. The molecule has 106 valence electrons. The number of hydrogen-bond donors (Lipinski definition) is 2. The van der Waals surface area contributed by atoms with E-state index in [1.165, 1.54) is 6.07 Å². The van der Waals surface area contributed by atoms with Gasteiger partial charge in [0.25, 0.3) is 0 Å². The maximum atomic E-state index is 13.6. The van der Waals surface area contributed by atoms with Gasteiger partial charge in [0.05, 0.1) is 23.7 Å². The lowest BCUT2D eigenvalue weighted by molar-refractivity contribution is 0.322. The van der Waals surface area contributed by atoms with Crippen LogP contribution < -0.4 is 15.8 Å². The third kappa shape index (κ3) is 3.46. The first-order chi connectivity index (χ1) is 9.51. The fourth-order valence-corrected chi connectivity index (χ4v) is 2.69. The summed E-state index contributed by atoms with van der Waals surface area (Å²) < 4.78 is 19.8. The van der Waals surface area contributed by atoms with Gasteiger partial charge in [0.15, 0.2) is 11.6 Å². The first-order valence-corrected chi connectivity index (χ1v) is 7.40. The minimum absolute atomic E-state index is 0.174. The number of ether oxygens (including phenoxy) is 1. The van der Waals surface area contributed by atoms with Crippen molar-refractivity contribution in [2.45, 2.75) is 6.92 Å². The lowest BCUT2D eigenvalue weighted by Gasteiger charge is -2.14. The van der Waals surface area contributed by atoms with Gasteiger partial charge >= 0.3 is 0 Å². The molecular weight excluding hydrogens is 394 g/mol. The SMILES string of the molecule is CCOc1cc(Nc2ccc(Cl)cc2I)c(N)cc1F. The van der Waals surface area contributed by atoms with Gasteiger partial charge in [-0.25, -0.2) is 4.39 Å². The predicted molar refractivity (Wildman–Crippen MR) is 89.4 cm³/mol. The van der Waals surface area contributed by atoms with Gasteiger partial charge in [-0.1, -0.05) is 11.6 Å². The molecule has 2 aromatic rings. The summed E-state index contributed by atoms with van der Waals surface area (Å²) in [7, 11) is 0. The molecule has 0 aromatic heterocycles. The summed E-state index contributed by atoms with van der Waals surface area (Å²) in [6, 6.07) is 8.24. The molecule has 0 heterocycles. The van der Waals surface area contributed by atoms with Crippen LogP contribution in [-0.4, -0.2) is 6.61 Å². The van der Waals surface area contributed by atoms with Gasteiger partial charge in [-0.15, -0.1) is 0 Å². The van der Waals surface area contributed by atoms with E-state index in [0.717, 1.165) is 9.26 Å². The van der Waals surface area contributed by atoms with Crippen molar-refractivity contribution >= 4 is 51.3 Å². The quantitative estimate of drug-likeness (QED) is 0.566. The number of benzene rings is 2. The van der Waals surface area contributed by atoms with E-state index < -0.39 is 5.82 Å². The largest absolute Gasteiger partial charge is 0.491 e. The van der Waals surface area contributed by atoms with Crippen molar-refractivity contribution in [1.29, 1.82) is 0 Å². The molecule has 0 saturated heterocycles. The summed E-state index contributed by atoms with van der Waals surface area (Å²) in [6.07, 6.45) is 0. The maximum Gasteiger partial charge on any atom is 0.167 e. The summed E-state index contributed by atoms with van der Waals surface area (Å²) in [5.74, 6) is -0.297. The van der Waals surface area contributed by atoms with Crippen LogP contribution in [0.4, 0.5) is 21.5 Å². The van der Waals surface area contributed by atoms with Crippen LogP contribution in [0.2, 0.25) is 5.02 Å². The van der Waals surface area contributed by atoms with Gasteiger partial charge in [0.2, 0.25) is 0 Å². The third-order valence-corrected chi connectivity index (χ3v) is 3.73.